The van der Waals surface area contributed by atoms with Gasteiger partial charge in [0.05, 0.1) is 0 Å². The van der Waals surface area contributed by atoms with Crippen LogP contribution in [0.1, 0.15) is 20.8 Å². The molecule has 0 atom stereocenters. The molecule has 0 aliphatic heterocycles. The molecule has 0 saturated heterocycles. The van der Waals surface area contributed by atoms with Gasteiger partial charge in [0.15, 0.2) is 0 Å². The normalized spacial score (nSPS) is 5.43. The van der Waals surface area contributed by atoms with Gasteiger partial charge < -0.3 is 17.8 Å². The molecule has 0 aromatic heterocycles. The summed E-state index contributed by atoms with van der Waals surface area (Å²) in [4.78, 5) is 0. The van der Waals surface area contributed by atoms with Crippen molar-refractivity contribution in [1.29, 1.82) is 5.26 Å². The molecule has 0 aliphatic carbocycles. The van der Waals surface area contributed by atoms with Gasteiger partial charge in [0, 0.05) is 0 Å². The predicted molar refractivity (Wildman–Crippen MR) is 25.2 cm³/mol. The summed E-state index contributed by atoms with van der Waals surface area (Å²) < 4.78 is 0. The molecule has 1 nitrogen and oxygen atoms in total. The third kappa shape index (κ3) is 1070000. The third-order valence-electron chi connectivity index (χ3n) is 0. The minimum absolute atomic E-state index is 0. The van der Waals surface area contributed by atoms with Crippen LogP contribution < -0.4 is 0 Å². The van der Waals surface area contributed by atoms with Crippen molar-refractivity contribution in [2.45, 2.75) is 20.8 Å². The van der Waals surface area contributed by atoms with E-state index in [1.165, 1.54) is 5.92 Å². The van der Waals surface area contributed by atoms with Crippen molar-refractivity contribution in [3.05, 3.63) is 12.5 Å². The van der Waals surface area contributed by atoms with Gasteiger partial charge in [0.25, 0.3) is 0 Å². The van der Waals surface area contributed by atoms with Crippen LogP contribution in [0.3, 0.4) is 0 Å². The second kappa shape index (κ2) is 16.7. The number of rotatable bonds is 0. The van der Waals surface area contributed by atoms with Crippen LogP contribution in [0.25, 0.3) is 0 Å². The van der Waals surface area contributed by atoms with Crippen LogP contribution in [-0.2, 0) is 17.1 Å². The van der Waals surface area contributed by atoms with Crippen LogP contribution in [0, 0.1) is 17.8 Å². The van der Waals surface area contributed by atoms with E-state index in [1.54, 1.807) is 0 Å². The maximum atomic E-state index is 6.25. The fourth-order valence-corrected chi connectivity index (χ4v) is 0. The molecule has 0 aliphatic rings. The maximum Gasteiger partial charge on any atom is 2.00 e. The average Bonchev–Trinajstić information content (AvgIpc) is 1.41. The topological polar surface area (TPSA) is 23.8 Å². The minimum Gasteiger partial charge on any atom is -0.512 e. The van der Waals surface area contributed by atoms with Crippen molar-refractivity contribution in [3.8, 4) is 0 Å². The van der Waals surface area contributed by atoms with E-state index in [-0.39, 0.29) is 17.1 Å². The van der Waals surface area contributed by atoms with Crippen LogP contribution in [0.2, 0.25) is 0 Å². The molecule has 0 saturated carbocycles. The van der Waals surface area contributed by atoms with E-state index in [1.807, 2.05) is 0 Å². The average molecular weight is 147 g/mol. The van der Waals surface area contributed by atoms with Gasteiger partial charge in [0.1, 0.15) is 0 Å². The Hall–Kier alpha value is 0.00948. The second-order valence-electron chi connectivity index (χ2n) is 1.50. The van der Waals surface area contributed by atoms with E-state index < -0.39 is 0 Å². The Morgan fingerprint density at radius 2 is 1.14 bits per heavy atom. The van der Waals surface area contributed by atoms with Gasteiger partial charge in [-0.25, -0.2) is 0 Å². The van der Waals surface area contributed by atoms with E-state index in [0.29, 0.717) is 0 Å². The quantitative estimate of drug-likeness (QED) is 0.377. The van der Waals surface area contributed by atoms with Crippen molar-refractivity contribution in [2.75, 3.05) is 0 Å². The van der Waals surface area contributed by atoms with Gasteiger partial charge in [-0.05, 0) is 0 Å². The summed E-state index contributed by atoms with van der Waals surface area (Å²) in [7, 11) is 0. The summed E-state index contributed by atoms with van der Waals surface area (Å²) in [6, 6.07) is 0. The van der Waals surface area contributed by atoms with Crippen molar-refractivity contribution < 1.29 is 17.1 Å². The summed E-state index contributed by atoms with van der Waals surface area (Å²) in [6.45, 7) is 11.0. The molecule has 0 rings (SSSR count). The maximum absolute atomic E-state index is 6.25. The zero-order valence-electron chi connectivity index (χ0n) is 4.75. The number of nitrogens with zero attached hydrogens (tertiary/aromatic N) is 1. The standard InChI is InChI=1S/C4H9.CN.Cu/c1-4(2)3;1-2;/h1-3H3;;/q2*-1;+2. The minimum atomic E-state index is 0. The predicted octanol–water partition coefficient (Wildman–Crippen LogP) is 1.71. The molecule has 0 heterocycles. The van der Waals surface area contributed by atoms with Gasteiger partial charge in [-0.3, -0.25) is 0 Å². The molecule has 2 heteroatoms. The molecular weight excluding hydrogens is 138 g/mol. The summed E-state index contributed by atoms with van der Waals surface area (Å²) in [5.74, 6) is 1.42. The smallest absolute Gasteiger partial charge is 0.512 e. The van der Waals surface area contributed by atoms with Gasteiger partial charge in [0.2, 0.25) is 0 Å². The molecule has 0 amide bonds. The number of hydrogen-bond acceptors (Lipinski definition) is 1. The Labute approximate surface area is 56.2 Å². The summed E-state index contributed by atoms with van der Waals surface area (Å²) in [5, 5.41) is 6.25. The molecule has 0 unspecified atom stereocenters. The molecule has 7 heavy (non-hydrogen) atoms. The molecule has 0 spiro atoms. The number of hydrogen-bond donors (Lipinski definition) is 0. The van der Waals surface area contributed by atoms with Crippen molar-refractivity contribution in [3.63, 3.8) is 0 Å². The molecule has 45 valence electrons. The molecule has 0 aromatic carbocycles. The fourth-order valence-electron chi connectivity index (χ4n) is 0. The SMILES string of the molecule is C[C-](C)C.[C-]#N.[Cu+2]. The molecular formula is C5H9CuN. The van der Waals surface area contributed by atoms with E-state index in [2.05, 4.69) is 20.8 Å². The van der Waals surface area contributed by atoms with Crippen LogP contribution >= 0.6 is 0 Å². The molecule has 1 radical (unpaired) electrons. The van der Waals surface area contributed by atoms with Crippen LogP contribution in [0.5, 0.6) is 0 Å². The Morgan fingerprint density at radius 3 is 1.14 bits per heavy atom. The first-order chi connectivity index (χ1) is 2.73. The third-order valence-corrected chi connectivity index (χ3v) is 0. The summed E-state index contributed by atoms with van der Waals surface area (Å²) >= 11 is 0. The first-order valence-electron chi connectivity index (χ1n) is 1.72. The molecule has 0 bridgehead atoms. The van der Waals surface area contributed by atoms with E-state index in [4.69, 9.17) is 11.8 Å². The summed E-state index contributed by atoms with van der Waals surface area (Å²) in [6.07, 6.45) is 0. The molecule has 0 N–H and O–H groups in total. The Balaban J connectivity index is -0.0000000480. The molecule has 0 aromatic rings. The Bertz CT molecular complexity index is 29.6. The first kappa shape index (κ1) is 15.7. The summed E-state index contributed by atoms with van der Waals surface area (Å²) in [5.41, 5.74) is 0. The van der Waals surface area contributed by atoms with E-state index in [0.717, 1.165) is 0 Å². The van der Waals surface area contributed by atoms with Crippen molar-refractivity contribution in [2.24, 2.45) is 0 Å². The molecule has 0 fully saturated rings. The van der Waals surface area contributed by atoms with Crippen LogP contribution in [0.15, 0.2) is 0 Å². The zero-order chi connectivity index (χ0) is 5.58. The van der Waals surface area contributed by atoms with Crippen LogP contribution in [-0.4, -0.2) is 0 Å². The van der Waals surface area contributed by atoms with Gasteiger partial charge in [-0.2, -0.15) is 20.8 Å². The monoisotopic (exact) mass is 146 g/mol. The van der Waals surface area contributed by atoms with Crippen molar-refractivity contribution >= 4 is 0 Å². The first-order valence-corrected chi connectivity index (χ1v) is 1.72. The van der Waals surface area contributed by atoms with Gasteiger partial charge in [-0.1, -0.05) is 0 Å². The fraction of sp³-hybridized carbons (Fsp3) is 0.600. The Kier molecular flexibility index (Phi) is 37.5. The van der Waals surface area contributed by atoms with E-state index >= 15 is 0 Å². The Morgan fingerprint density at radius 1 is 1.14 bits per heavy atom. The zero-order valence-corrected chi connectivity index (χ0v) is 5.69. The van der Waals surface area contributed by atoms with Crippen molar-refractivity contribution in [1.82, 2.24) is 0 Å². The van der Waals surface area contributed by atoms with Gasteiger partial charge >= 0.3 is 17.1 Å². The largest absolute Gasteiger partial charge is 2.00 e. The van der Waals surface area contributed by atoms with Crippen LogP contribution in [0.4, 0.5) is 0 Å². The van der Waals surface area contributed by atoms with Gasteiger partial charge in [-0.15, -0.1) is 0 Å². The second-order valence-corrected chi connectivity index (χ2v) is 1.50. The van der Waals surface area contributed by atoms with E-state index in [9.17, 15) is 0 Å².